The molecule has 2 aromatic carbocycles. The van der Waals surface area contributed by atoms with Crippen molar-refractivity contribution in [3.8, 4) is 0 Å². The van der Waals surface area contributed by atoms with Crippen LogP contribution in [0.5, 0.6) is 0 Å². The summed E-state index contributed by atoms with van der Waals surface area (Å²) in [6, 6.07) is 2.65. The third kappa shape index (κ3) is 9.28. The first-order chi connectivity index (χ1) is 17.7. The minimum absolute atomic E-state index is 0.0201. The van der Waals surface area contributed by atoms with E-state index in [-0.39, 0.29) is 17.2 Å². The van der Waals surface area contributed by atoms with Crippen molar-refractivity contribution in [2.75, 3.05) is 6.54 Å². The lowest BCUT2D eigenvalue weighted by atomic mass is 9.95. The molecule has 2 rings (SSSR count). The van der Waals surface area contributed by atoms with Gasteiger partial charge in [-0.1, -0.05) is 46.9 Å². The SMILES string of the molecule is O=C(CCC(F)(F)F)NCC(=O)c1ccc(/C(F)=C/C(c2cc(Cl)c(Cl)c(Cl)c2)C(F)(F)F)cc1C(F)(F)F. The van der Waals surface area contributed by atoms with Crippen LogP contribution in [0.2, 0.25) is 15.1 Å². The molecule has 0 saturated carbocycles. The highest BCUT2D eigenvalue weighted by Gasteiger charge is 2.41. The lowest BCUT2D eigenvalue weighted by Gasteiger charge is -2.19. The van der Waals surface area contributed by atoms with Gasteiger partial charge in [0.05, 0.1) is 33.6 Å². The largest absolute Gasteiger partial charge is 0.417 e. The number of amides is 1. The summed E-state index contributed by atoms with van der Waals surface area (Å²) in [6.45, 7) is -1.12. The Hall–Kier alpha value is -2.51. The van der Waals surface area contributed by atoms with Crippen LogP contribution in [0.4, 0.5) is 43.9 Å². The molecule has 16 heteroatoms. The smallest absolute Gasteiger partial charge is 0.349 e. The molecule has 1 N–H and O–H groups in total. The van der Waals surface area contributed by atoms with Crippen molar-refractivity contribution in [2.45, 2.75) is 37.3 Å². The molecule has 214 valence electrons. The second-order valence-corrected chi connectivity index (χ2v) is 9.10. The molecule has 1 amide bonds. The number of hydrogen-bond donors (Lipinski definition) is 1. The molecule has 0 spiro atoms. The molecule has 0 aromatic heterocycles. The molecule has 0 heterocycles. The standard InChI is InChI=1S/C23H14Cl3F10NO2/c24-15-6-11(7-16(25)20(15)26)13(22(31,32)33)8-17(27)10-1-2-12(14(5-10)23(34,35)36)18(38)9-37-19(39)3-4-21(28,29)30/h1-2,5-8,13H,3-4,9H2,(H,37,39)/b17-8-. The molecule has 2 aromatic rings. The van der Waals surface area contributed by atoms with Crippen molar-refractivity contribution in [1.29, 1.82) is 0 Å². The number of rotatable bonds is 8. The van der Waals surface area contributed by atoms with Gasteiger partial charge in [0.2, 0.25) is 5.91 Å². The summed E-state index contributed by atoms with van der Waals surface area (Å²) in [4.78, 5) is 23.7. The van der Waals surface area contributed by atoms with Gasteiger partial charge in [0.15, 0.2) is 5.78 Å². The van der Waals surface area contributed by atoms with Crippen molar-refractivity contribution in [3.63, 3.8) is 0 Å². The number of ketones is 1. The predicted octanol–water partition coefficient (Wildman–Crippen LogP) is 8.96. The molecule has 1 atom stereocenters. The number of carbonyl (C=O) groups excluding carboxylic acids is 2. The molecule has 0 radical (unpaired) electrons. The Morgan fingerprint density at radius 1 is 0.897 bits per heavy atom. The molecule has 0 saturated heterocycles. The van der Waals surface area contributed by atoms with Crippen LogP contribution >= 0.6 is 34.8 Å². The first-order valence-electron chi connectivity index (χ1n) is 10.4. The molecule has 39 heavy (non-hydrogen) atoms. The van der Waals surface area contributed by atoms with Gasteiger partial charge >= 0.3 is 18.5 Å². The van der Waals surface area contributed by atoms with Crippen molar-refractivity contribution in [1.82, 2.24) is 5.32 Å². The second kappa shape index (κ2) is 12.3. The van der Waals surface area contributed by atoms with Gasteiger partial charge in [0.1, 0.15) is 11.7 Å². The van der Waals surface area contributed by atoms with Gasteiger partial charge in [-0.15, -0.1) is 0 Å². The zero-order chi connectivity index (χ0) is 29.9. The second-order valence-electron chi connectivity index (χ2n) is 7.91. The molecular weight excluding hydrogens is 619 g/mol. The Morgan fingerprint density at radius 2 is 1.46 bits per heavy atom. The number of allylic oxidation sites excluding steroid dienone is 1. The van der Waals surface area contributed by atoms with Crippen LogP contribution in [-0.4, -0.2) is 30.6 Å². The van der Waals surface area contributed by atoms with E-state index in [4.69, 9.17) is 34.8 Å². The van der Waals surface area contributed by atoms with Gasteiger partial charge in [0.25, 0.3) is 0 Å². The molecule has 0 aliphatic carbocycles. The fourth-order valence-corrected chi connectivity index (χ4v) is 3.78. The average Bonchev–Trinajstić information content (AvgIpc) is 2.80. The molecule has 3 nitrogen and oxygen atoms in total. The van der Waals surface area contributed by atoms with Crippen molar-refractivity contribution >= 4 is 52.3 Å². The average molecular weight is 633 g/mol. The molecule has 0 aliphatic rings. The summed E-state index contributed by atoms with van der Waals surface area (Å²) in [6.07, 6.45) is -17.8. The van der Waals surface area contributed by atoms with Crippen LogP contribution in [-0.2, 0) is 11.0 Å². The van der Waals surface area contributed by atoms with Gasteiger partial charge in [-0.2, -0.15) is 39.5 Å². The summed E-state index contributed by atoms with van der Waals surface area (Å²) in [5, 5.41) is 0.680. The summed E-state index contributed by atoms with van der Waals surface area (Å²) >= 11 is 17.2. The Balaban J connectivity index is 2.41. The molecule has 1 unspecified atom stereocenters. The maximum absolute atomic E-state index is 14.9. The van der Waals surface area contributed by atoms with Crippen molar-refractivity contribution < 1.29 is 53.5 Å². The summed E-state index contributed by atoms with van der Waals surface area (Å²) in [5.74, 6) is -7.12. The highest BCUT2D eigenvalue weighted by Crippen LogP contribution is 2.43. The topological polar surface area (TPSA) is 46.2 Å². The number of Topliss-reactive ketones (excluding diaryl/α,β-unsaturated/α-hetero) is 1. The van der Waals surface area contributed by atoms with E-state index in [2.05, 4.69) is 0 Å². The normalized spacial score (nSPS) is 13.8. The maximum Gasteiger partial charge on any atom is 0.417 e. The van der Waals surface area contributed by atoms with E-state index >= 15 is 0 Å². The minimum Gasteiger partial charge on any atom is -0.349 e. The minimum atomic E-state index is -5.30. The molecule has 0 bridgehead atoms. The summed E-state index contributed by atoms with van der Waals surface area (Å²) in [5.41, 5.74) is -4.49. The Labute approximate surface area is 228 Å². The van der Waals surface area contributed by atoms with E-state index in [0.717, 1.165) is 12.1 Å². The number of alkyl halides is 9. The monoisotopic (exact) mass is 631 g/mol. The highest BCUT2D eigenvalue weighted by molar-refractivity contribution is 6.48. The van der Waals surface area contributed by atoms with Crippen LogP contribution in [0.15, 0.2) is 36.4 Å². The third-order valence-electron chi connectivity index (χ3n) is 5.01. The van der Waals surface area contributed by atoms with Gasteiger partial charge in [0, 0.05) is 17.5 Å². The van der Waals surface area contributed by atoms with Crippen molar-refractivity contribution in [2.24, 2.45) is 0 Å². The van der Waals surface area contributed by atoms with E-state index in [1.165, 1.54) is 0 Å². The fraction of sp³-hybridized carbons (Fsp3) is 0.304. The van der Waals surface area contributed by atoms with Gasteiger partial charge in [-0.05, 0) is 29.8 Å². The van der Waals surface area contributed by atoms with Crippen LogP contribution in [0.1, 0.15) is 45.8 Å². The van der Waals surface area contributed by atoms with E-state index < -0.39 is 93.6 Å². The predicted molar refractivity (Wildman–Crippen MR) is 123 cm³/mol. The Morgan fingerprint density at radius 3 is 1.95 bits per heavy atom. The number of carbonyl (C=O) groups is 2. The van der Waals surface area contributed by atoms with Crippen LogP contribution in [0, 0.1) is 0 Å². The van der Waals surface area contributed by atoms with E-state index in [1.807, 2.05) is 0 Å². The van der Waals surface area contributed by atoms with Gasteiger partial charge in [-0.25, -0.2) is 4.39 Å². The first kappa shape index (κ1) is 32.7. The quantitative estimate of drug-likeness (QED) is 0.179. The van der Waals surface area contributed by atoms with E-state index in [9.17, 15) is 53.5 Å². The molecular formula is C23H14Cl3F10NO2. The van der Waals surface area contributed by atoms with E-state index in [0.29, 0.717) is 12.1 Å². The summed E-state index contributed by atoms with van der Waals surface area (Å²) in [7, 11) is 0. The van der Waals surface area contributed by atoms with E-state index in [1.54, 1.807) is 5.32 Å². The Bertz CT molecular complexity index is 1250. The lowest BCUT2D eigenvalue weighted by molar-refractivity contribution is -0.144. The zero-order valence-corrected chi connectivity index (χ0v) is 21.2. The third-order valence-corrected chi connectivity index (χ3v) is 6.21. The molecule has 0 fully saturated rings. The van der Waals surface area contributed by atoms with Crippen LogP contribution < -0.4 is 5.32 Å². The van der Waals surface area contributed by atoms with Crippen LogP contribution in [0.25, 0.3) is 5.83 Å². The van der Waals surface area contributed by atoms with Gasteiger partial charge < -0.3 is 5.32 Å². The number of nitrogens with one attached hydrogen (secondary N) is 1. The fourth-order valence-electron chi connectivity index (χ4n) is 3.17. The first-order valence-corrected chi connectivity index (χ1v) is 11.5. The number of halogens is 13. The highest BCUT2D eigenvalue weighted by atomic mass is 35.5. The Kier molecular flexibility index (Phi) is 10.3. The number of benzene rings is 2. The molecule has 0 aliphatic heterocycles. The van der Waals surface area contributed by atoms with Gasteiger partial charge in [-0.3, -0.25) is 9.59 Å². The maximum atomic E-state index is 14.9. The zero-order valence-electron chi connectivity index (χ0n) is 18.9. The van der Waals surface area contributed by atoms with Crippen molar-refractivity contribution in [3.05, 3.63) is 73.7 Å². The summed E-state index contributed by atoms with van der Waals surface area (Å²) < 4.78 is 133. The number of hydrogen-bond acceptors (Lipinski definition) is 2. The van der Waals surface area contributed by atoms with Crippen LogP contribution in [0.3, 0.4) is 0 Å². The lowest BCUT2D eigenvalue weighted by Crippen LogP contribution is -2.31.